The number of fused-ring (bicyclic) bond motifs is 1. The van der Waals surface area contributed by atoms with Gasteiger partial charge in [-0.05, 0) is 80.4 Å². The Morgan fingerprint density at radius 1 is 1.02 bits per heavy atom. The van der Waals surface area contributed by atoms with Crippen LogP contribution in [0.3, 0.4) is 0 Å². The number of benzene rings is 3. The summed E-state index contributed by atoms with van der Waals surface area (Å²) in [6.45, 7) is 10.9. The molecule has 0 saturated carbocycles. The van der Waals surface area contributed by atoms with Gasteiger partial charge >= 0.3 is 11.9 Å². The van der Waals surface area contributed by atoms with Gasteiger partial charge in [0.25, 0.3) is 5.56 Å². The third-order valence-corrected chi connectivity index (χ3v) is 9.11. The SMILES string of the molecule is C=CCOc1ccc(-c2nn(-c3ccccc3)cc2/C=c2\sc3n(c2=O)C(c2ccc(OC(C)=O)c(OC)c2)C(C(=O)OCC)=C(C)N=3)cc1C. The average Bonchev–Trinajstić information content (AvgIpc) is 3.67. The second-order valence-electron chi connectivity index (χ2n) is 11.6. The number of ether oxygens (including phenoxy) is 4. The van der Waals surface area contributed by atoms with Crippen molar-refractivity contribution >= 4 is 29.4 Å². The van der Waals surface area contributed by atoms with Crippen molar-refractivity contribution in [2.75, 3.05) is 20.3 Å². The van der Waals surface area contributed by atoms with E-state index in [0.717, 1.165) is 22.6 Å². The van der Waals surface area contributed by atoms with Gasteiger partial charge < -0.3 is 18.9 Å². The lowest BCUT2D eigenvalue weighted by molar-refractivity contribution is -0.139. The molecule has 5 aromatic rings. The summed E-state index contributed by atoms with van der Waals surface area (Å²) < 4.78 is 25.7. The number of nitrogens with zero attached hydrogens (tertiary/aromatic N) is 4. The van der Waals surface area contributed by atoms with Gasteiger partial charge in [0, 0.05) is 24.2 Å². The standard InChI is InChI=1S/C39H36N4O7S/c1-7-18-49-30-16-14-26(19-23(30)3)35-28(22-42(41-35)29-12-10-9-11-13-29)21-33-37(45)43-36(27-15-17-31(50-25(5)44)32(20-27)47-6)34(38(46)48-8-2)24(4)40-39(43)51-33/h7,9-17,19-22,36H,1,8,18H2,2-6H3/b33-21-. The van der Waals surface area contributed by atoms with Crippen LogP contribution in [0.1, 0.15) is 43.5 Å². The Kier molecular flexibility index (Phi) is 10.1. The predicted molar refractivity (Wildman–Crippen MR) is 194 cm³/mol. The average molecular weight is 705 g/mol. The molecule has 0 spiro atoms. The molecule has 1 atom stereocenters. The summed E-state index contributed by atoms with van der Waals surface area (Å²) in [5, 5.41) is 4.95. The molecule has 1 aliphatic rings. The molecule has 1 unspecified atom stereocenters. The quantitative estimate of drug-likeness (QED) is 0.101. The van der Waals surface area contributed by atoms with Crippen molar-refractivity contribution in [2.45, 2.75) is 33.7 Å². The van der Waals surface area contributed by atoms with Crippen LogP contribution in [0.25, 0.3) is 23.0 Å². The first-order valence-corrected chi connectivity index (χ1v) is 17.0. The normalized spacial score (nSPS) is 14.1. The first kappa shape index (κ1) is 34.8. The number of para-hydroxylation sites is 1. The molecule has 260 valence electrons. The van der Waals surface area contributed by atoms with E-state index in [4.69, 9.17) is 29.0 Å². The van der Waals surface area contributed by atoms with Crippen molar-refractivity contribution in [3.8, 4) is 34.2 Å². The first-order chi connectivity index (χ1) is 24.6. The van der Waals surface area contributed by atoms with Gasteiger partial charge in [-0.2, -0.15) is 5.10 Å². The van der Waals surface area contributed by atoms with Crippen molar-refractivity contribution in [3.63, 3.8) is 0 Å². The third-order valence-electron chi connectivity index (χ3n) is 8.13. The molecule has 12 heteroatoms. The number of carbonyl (C=O) groups excluding carboxylic acids is 2. The summed E-state index contributed by atoms with van der Waals surface area (Å²) >= 11 is 1.21. The minimum Gasteiger partial charge on any atom is -0.493 e. The van der Waals surface area contributed by atoms with E-state index in [1.807, 2.05) is 61.7 Å². The second-order valence-corrected chi connectivity index (χ2v) is 12.6. The van der Waals surface area contributed by atoms with E-state index in [9.17, 15) is 14.4 Å². The lowest BCUT2D eigenvalue weighted by Gasteiger charge is -2.25. The zero-order valence-corrected chi connectivity index (χ0v) is 29.7. The zero-order chi connectivity index (χ0) is 36.2. The van der Waals surface area contributed by atoms with Crippen molar-refractivity contribution in [3.05, 3.63) is 133 Å². The molecule has 0 saturated heterocycles. The van der Waals surface area contributed by atoms with Gasteiger partial charge in [0.05, 0.1) is 41.2 Å². The molecule has 1 aliphatic heterocycles. The molecule has 11 nitrogen and oxygen atoms in total. The van der Waals surface area contributed by atoms with Gasteiger partial charge in [0.15, 0.2) is 16.3 Å². The number of hydrogen-bond donors (Lipinski definition) is 0. The van der Waals surface area contributed by atoms with Gasteiger partial charge in [0.2, 0.25) is 0 Å². The van der Waals surface area contributed by atoms with Gasteiger partial charge in [-0.3, -0.25) is 14.2 Å². The molecule has 0 fully saturated rings. The third kappa shape index (κ3) is 7.04. The fourth-order valence-electron chi connectivity index (χ4n) is 5.88. The van der Waals surface area contributed by atoms with Gasteiger partial charge in [0.1, 0.15) is 18.1 Å². The Bertz CT molecular complexity index is 2370. The van der Waals surface area contributed by atoms with Gasteiger partial charge in [-0.1, -0.05) is 48.3 Å². The molecular weight excluding hydrogens is 669 g/mol. The van der Waals surface area contributed by atoms with Crippen molar-refractivity contribution in [2.24, 2.45) is 4.99 Å². The fourth-order valence-corrected chi connectivity index (χ4v) is 6.92. The molecule has 51 heavy (non-hydrogen) atoms. The highest BCUT2D eigenvalue weighted by molar-refractivity contribution is 7.07. The minimum absolute atomic E-state index is 0.135. The molecule has 3 aromatic carbocycles. The van der Waals surface area contributed by atoms with Crippen molar-refractivity contribution in [1.29, 1.82) is 0 Å². The molecular formula is C39H36N4O7S. The summed E-state index contributed by atoms with van der Waals surface area (Å²) in [5.74, 6) is 0.0960. The molecule has 3 heterocycles. The number of esters is 2. The summed E-state index contributed by atoms with van der Waals surface area (Å²) in [5.41, 5.74) is 4.79. The maximum atomic E-state index is 14.5. The summed E-state index contributed by atoms with van der Waals surface area (Å²) in [6.07, 6.45) is 5.37. The maximum absolute atomic E-state index is 14.5. The van der Waals surface area contributed by atoms with Crippen molar-refractivity contribution in [1.82, 2.24) is 14.3 Å². The van der Waals surface area contributed by atoms with Crippen LogP contribution in [0.15, 0.2) is 107 Å². The van der Waals surface area contributed by atoms with E-state index in [1.54, 1.807) is 48.9 Å². The van der Waals surface area contributed by atoms with Gasteiger partial charge in [-0.15, -0.1) is 0 Å². The van der Waals surface area contributed by atoms with Crippen LogP contribution >= 0.6 is 11.3 Å². The molecule has 0 bridgehead atoms. The number of carbonyl (C=O) groups is 2. The number of rotatable bonds is 11. The molecule has 0 N–H and O–H groups in total. The number of allylic oxidation sites excluding steroid dienone is 1. The highest BCUT2D eigenvalue weighted by Gasteiger charge is 2.34. The molecule has 6 rings (SSSR count). The monoisotopic (exact) mass is 704 g/mol. The van der Waals surface area contributed by atoms with Crippen LogP contribution in [-0.2, 0) is 14.3 Å². The number of hydrogen-bond acceptors (Lipinski definition) is 10. The summed E-state index contributed by atoms with van der Waals surface area (Å²) in [4.78, 5) is 44.8. The van der Waals surface area contributed by atoms with Crippen LogP contribution in [0.5, 0.6) is 17.2 Å². The summed E-state index contributed by atoms with van der Waals surface area (Å²) in [6, 6.07) is 19.5. The van der Waals surface area contributed by atoms with E-state index in [0.29, 0.717) is 38.5 Å². The fraction of sp³-hybridized carbons (Fsp3) is 0.205. The van der Waals surface area contributed by atoms with Crippen LogP contribution in [-0.4, -0.2) is 46.6 Å². The number of aromatic nitrogens is 3. The Morgan fingerprint density at radius 2 is 1.78 bits per heavy atom. The Hall–Kier alpha value is -6.01. The lowest BCUT2D eigenvalue weighted by atomic mass is 9.95. The second kappa shape index (κ2) is 14.9. The maximum Gasteiger partial charge on any atom is 0.338 e. The van der Waals surface area contributed by atoms with Crippen molar-refractivity contribution < 1.29 is 28.5 Å². The predicted octanol–water partition coefficient (Wildman–Crippen LogP) is 5.46. The topological polar surface area (TPSA) is 123 Å². The van der Waals surface area contributed by atoms with Crippen LogP contribution in [0, 0.1) is 6.92 Å². The van der Waals surface area contributed by atoms with Crippen LogP contribution in [0.4, 0.5) is 0 Å². The van der Waals surface area contributed by atoms with E-state index >= 15 is 0 Å². The highest BCUT2D eigenvalue weighted by Crippen LogP contribution is 2.36. The Morgan fingerprint density at radius 3 is 2.47 bits per heavy atom. The minimum atomic E-state index is -0.903. The van der Waals surface area contributed by atoms with E-state index in [1.165, 1.54) is 29.9 Å². The van der Waals surface area contributed by atoms with E-state index in [-0.39, 0.29) is 29.2 Å². The zero-order valence-electron chi connectivity index (χ0n) is 28.8. The molecule has 0 aliphatic carbocycles. The molecule has 0 radical (unpaired) electrons. The van der Waals surface area contributed by atoms with Crippen LogP contribution in [0.2, 0.25) is 0 Å². The number of aryl methyl sites for hydroxylation is 1. The molecule has 2 aromatic heterocycles. The van der Waals surface area contributed by atoms with E-state index < -0.39 is 18.0 Å². The van der Waals surface area contributed by atoms with E-state index in [2.05, 4.69) is 6.58 Å². The first-order valence-electron chi connectivity index (χ1n) is 16.2. The highest BCUT2D eigenvalue weighted by atomic mass is 32.1. The largest absolute Gasteiger partial charge is 0.493 e. The van der Waals surface area contributed by atoms with Crippen LogP contribution < -0.4 is 29.1 Å². The Labute approximate surface area is 298 Å². The Balaban J connectivity index is 1.54. The van der Waals surface area contributed by atoms with Gasteiger partial charge in [-0.25, -0.2) is 14.5 Å². The molecule has 0 amide bonds. The summed E-state index contributed by atoms with van der Waals surface area (Å²) in [7, 11) is 1.45. The lowest BCUT2D eigenvalue weighted by Crippen LogP contribution is -2.40. The number of thiazole rings is 1. The smallest absolute Gasteiger partial charge is 0.338 e. The number of methoxy groups -OCH3 is 1.